The van der Waals surface area contributed by atoms with Crippen molar-refractivity contribution in [2.24, 2.45) is 0 Å². The first-order valence-electron chi connectivity index (χ1n) is 4.21. The number of rotatable bonds is 3. The second-order valence-corrected chi connectivity index (χ2v) is 5.03. The smallest absolute Gasteiger partial charge is 0.178 e. The second-order valence-electron chi connectivity index (χ2n) is 3.03. The monoisotopic (exact) mass is 223 g/mol. The van der Waals surface area contributed by atoms with Gasteiger partial charge in [0.05, 0.1) is 10.4 Å². The number of aromatic nitrogens is 1. The van der Waals surface area contributed by atoms with Gasteiger partial charge in [-0.05, 0) is 23.9 Å². The van der Waals surface area contributed by atoms with Crippen LogP contribution in [0.15, 0.2) is 23.2 Å². The molecule has 2 heterocycles. The molecule has 4 heteroatoms. The molecule has 72 valence electrons. The summed E-state index contributed by atoms with van der Waals surface area (Å²) in [5.41, 5.74) is 2.79. The van der Waals surface area contributed by atoms with E-state index in [-0.39, 0.29) is 5.78 Å². The fourth-order valence-electron chi connectivity index (χ4n) is 1.22. The molecular formula is C10H9NOS2. The molecule has 14 heavy (non-hydrogen) atoms. The maximum absolute atomic E-state index is 11.7. The van der Waals surface area contributed by atoms with Crippen LogP contribution in [0.5, 0.6) is 0 Å². The lowest BCUT2D eigenvalue weighted by atomic mass is 10.1. The largest absolute Gasteiger partial charge is 0.293 e. The zero-order valence-corrected chi connectivity index (χ0v) is 9.32. The molecule has 0 aliphatic rings. The van der Waals surface area contributed by atoms with Gasteiger partial charge in [-0.3, -0.25) is 9.78 Å². The first-order chi connectivity index (χ1) is 6.75. The summed E-state index contributed by atoms with van der Waals surface area (Å²) in [4.78, 5) is 17.5. The van der Waals surface area contributed by atoms with Crippen LogP contribution < -0.4 is 0 Å². The molecular weight excluding hydrogens is 214 g/mol. The molecule has 2 nitrogen and oxygen atoms in total. The summed E-state index contributed by atoms with van der Waals surface area (Å²) in [6, 6.07) is 2.06. The molecule has 0 aliphatic heterocycles. The zero-order valence-electron chi connectivity index (χ0n) is 7.69. The van der Waals surface area contributed by atoms with E-state index in [2.05, 4.69) is 11.1 Å². The number of Topliss-reactive ketones (excluding diaryl/α,β-unsaturated/α-hetero) is 1. The molecule has 0 atom stereocenters. The number of thiophene rings is 1. The number of thiazole rings is 1. The van der Waals surface area contributed by atoms with Gasteiger partial charge >= 0.3 is 0 Å². The van der Waals surface area contributed by atoms with Crippen LogP contribution in [0.25, 0.3) is 0 Å². The minimum absolute atomic E-state index is 0.158. The van der Waals surface area contributed by atoms with Gasteiger partial charge in [-0.2, -0.15) is 0 Å². The number of nitrogens with zero attached hydrogens (tertiary/aromatic N) is 1. The number of hydrogen-bond acceptors (Lipinski definition) is 4. The second kappa shape index (κ2) is 4.02. The van der Waals surface area contributed by atoms with Crippen molar-refractivity contribution in [3.63, 3.8) is 0 Å². The summed E-state index contributed by atoms with van der Waals surface area (Å²) >= 11 is 3.08. The van der Waals surface area contributed by atoms with Crippen LogP contribution in [0.1, 0.15) is 20.1 Å². The topological polar surface area (TPSA) is 30.0 Å². The van der Waals surface area contributed by atoms with Crippen LogP contribution in [0.3, 0.4) is 0 Å². The predicted octanol–water partition coefficient (Wildman–Crippen LogP) is 2.94. The SMILES string of the molecule is Cc1cc(CC(=O)c2cncs2)cs1. The Morgan fingerprint density at radius 2 is 2.36 bits per heavy atom. The summed E-state index contributed by atoms with van der Waals surface area (Å²) in [6.45, 7) is 2.05. The van der Waals surface area contributed by atoms with E-state index < -0.39 is 0 Å². The Hall–Kier alpha value is -1.00. The van der Waals surface area contributed by atoms with E-state index in [9.17, 15) is 4.79 Å². The molecule has 0 aromatic carbocycles. The van der Waals surface area contributed by atoms with Crippen molar-refractivity contribution < 1.29 is 4.79 Å². The predicted molar refractivity (Wildman–Crippen MR) is 59.2 cm³/mol. The Morgan fingerprint density at radius 1 is 1.50 bits per heavy atom. The number of ketones is 1. The molecule has 0 spiro atoms. The van der Waals surface area contributed by atoms with Crippen molar-refractivity contribution in [2.75, 3.05) is 0 Å². The summed E-state index contributed by atoms with van der Waals surface area (Å²) in [5, 5.41) is 2.04. The molecule has 0 N–H and O–H groups in total. The Morgan fingerprint density at radius 3 is 2.93 bits per heavy atom. The van der Waals surface area contributed by atoms with Crippen molar-refractivity contribution >= 4 is 28.5 Å². The lowest BCUT2D eigenvalue weighted by Crippen LogP contribution is -1.99. The van der Waals surface area contributed by atoms with E-state index >= 15 is 0 Å². The van der Waals surface area contributed by atoms with Gasteiger partial charge in [0.15, 0.2) is 5.78 Å². The van der Waals surface area contributed by atoms with E-state index in [1.807, 2.05) is 12.3 Å². The molecule has 2 aromatic heterocycles. The van der Waals surface area contributed by atoms with E-state index in [0.29, 0.717) is 6.42 Å². The number of hydrogen-bond donors (Lipinski definition) is 0. The Labute approximate surface area is 90.2 Å². The molecule has 0 bridgehead atoms. The quantitative estimate of drug-likeness (QED) is 0.749. The molecule has 0 unspecified atom stereocenters. The van der Waals surface area contributed by atoms with Crippen LogP contribution in [0.4, 0.5) is 0 Å². The number of carbonyl (C=O) groups is 1. The molecule has 0 aliphatic carbocycles. The molecule has 0 amide bonds. The molecule has 0 radical (unpaired) electrons. The van der Waals surface area contributed by atoms with E-state index in [4.69, 9.17) is 0 Å². The Balaban J connectivity index is 2.09. The number of carbonyl (C=O) groups excluding carboxylic acids is 1. The highest BCUT2D eigenvalue weighted by atomic mass is 32.1. The first kappa shape index (κ1) is 9.55. The van der Waals surface area contributed by atoms with Gasteiger partial charge in [0.1, 0.15) is 0 Å². The average molecular weight is 223 g/mol. The van der Waals surface area contributed by atoms with Crippen LogP contribution in [-0.2, 0) is 6.42 Å². The summed E-state index contributed by atoms with van der Waals surface area (Å²) in [7, 11) is 0. The molecule has 2 aromatic rings. The van der Waals surface area contributed by atoms with Gasteiger partial charge in [-0.1, -0.05) is 0 Å². The third kappa shape index (κ3) is 2.08. The lowest BCUT2D eigenvalue weighted by molar-refractivity contribution is 0.0997. The van der Waals surface area contributed by atoms with Crippen molar-refractivity contribution in [1.82, 2.24) is 4.98 Å². The third-order valence-electron chi connectivity index (χ3n) is 1.86. The van der Waals surface area contributed by atoms with Gasteiger partial charge in [0.2, 0.25) is 0 Å². The van der Waals surface area contributed by atoms with Crippen LogP contribution in [-0.4, -0.2) is 10.8 Å². The third-order valence-corrected chi connectivity index (χ3v) is 3.58. The minimum Gasteiger partial charge on any atom is -0.293 e. The standard InChI is InChI=1S/C10H9NOS2/c1-7-2-8(5-13-7)3-9(12)10-4-11-6-14-10/h2,4-6H,3H2,1H3. The normalized spacial score (nSPS) is 10.4. The van der Waals surface area contributed by atoms with Crippen LogP contribution >= 0.6 is 22.7 Å². The van der Waals surface area contributed by atoms with E-state index in [1.54, 1.807) is 23.0 Å². The molecule has 2 rings (SSSR count). The highest BCUT2D eigenvalue weighted by molar-refractivity contribution is 7.11. The van der Waals surface area contributed by atoms with Crippen LogP contribution in [0.2, 0.25) is 0 Å². The van der Waals surface area contributed by atoms with Gasteiger partial charge in [0, 0.05) is 17.5 Å². The maximum atomic E-state index is 11.7. The van der Waals surface area contributed by atoms with Crippen LogP contribution in [0, 0.1) is 6.92 Å². The highest BCUT2D eigenvalue weighted by Crippen LogP contribution is 2.16. The van der Waals surface area contributed by atoms with Gasteiger partial charge < -0.3 is 0 Å². The lowest BCUT2D eigenvalue weighted by Gasteiger charge is -1.93. The first-order valence-corrected chi connectivity index (χ1v) is 5.97. The molecule has 0 fully saturated rings. The maximum Gasteiger partial charge on any atom is 0.178 e. The fourth-order valence-corrected chi connectivity index (χ4v) is 2.49. The van der Waals surface area contributed by atoms with E-state index in [0.717, 1.165) is 10.4 Å². The Bertz CT molecular complexity index is 431. The molecule has 0 saturated carbocycles. The minimum atomic E-state index is 0.158. The van der Waals surface area contributed by atoms with Crippen molar-refractivity contribution in [1.29, 1.82) is 0 Å². The fraction of sp³-hybridized carbons (Fsp3) is 0.200. The van der Waals surface area contributed by atoms with Crippen molar-refractivity contribution in [3.05, 3.63) is 38.5 Å². The summed E-state index contributed by atoms with van der Waals surface area (Å²) in [6.07, 6.45) is 2.12. The van der Waals surface area contributed by atoms with Crippen molar-refractivity contribution in [3.8, 4) is 0 Å². The van der Waals surface area contributed by atoms with Gasteiger partial charge in [0.25, 0.3) is 0 Å². The summed E-state index contributed by atoms with van der Waals surface area (Å²) < 4.78 is 0. The average Bonchev–Trinajstić information content (AvgIpc) is 2.75. The highest BCUT2D eigenvalue weighted by Gasteiger charge is 2.09. The summed E-state index contributed by atoms with van der Waals surface area (Å²) in [5.74, 6) is 0.158. The number of aryl methyl sites for hydroxylation is 1. The van der Waals surface area contributed by atoms with Gasteiger partial charge in [-0.25, -0.2) is 0 Å². The molecule has 0 saturated heterocycles. The van der Waals surface area contributed by atoms with Crippen molar-refractivity contribution in [2.45, 2.75) is 13.3 Å². The zero-order chi connectivity index (χ0) is 9.97. The van der Waals surface area contributed by atoms with E-state index in [1.165, 1.54) is 16.2 Å². The van der Waals surface area contributed by atoms with Gasteiger partial charge in [-0.15, -0.1) is 22.7 Å². The Kier molecular flexibility index (Phi) is 2.74.